The Labute approximate surface area is 230 Å². The molecule has 0 amide bonds. The lowest BCUT2D eigenvalue weighted by Crippen LogP contribution is -2.22. The van der Waals surface area contributed by atoms with E-state index < -0.39 is 51.8 Å². The van der Waals surface area contributed by atoms with Crippen molar-refractivity contribution >= 4 is 15.8 Å². The number of aliphatic hydroxyl groups excluding tert-OH is 1. The van der Waals surface area contributed by atoms with Crippen molar-refractivity contribution in [1.82, 2.24) is 19.9 Å². The van der Waals surface area contributed by atoms with E-state index in [4.69, 9.17) is 15.0 Å². The van der Waals surface area contributed by atoms with Gasteiger partial charge in [-0.3, -0.25) is 4.72 Å². The quantitative estimate of drug-likeness (QED) is 0.199. The summed E-state index contributed by atoms with van der Waals surface area (Å²) in [6.45, 7) is -3.63. The number of hydrogen-bond donors (Lipinski definition) is 4. The number of anilines is 1. The Balaban J connectivity index is 1.91. The molecule has 4 rings (SSSR count). The summed E-state index contributed by atoms with van der Waals surface area (Å²) in [4.78, 5) is 16.0. The third kappa shape index (κ3) is 6.39. The maximum absolute atomic E-state index is 13.5. The Morgan fingerprint density at radius 2 is 1.67 bits per heavy atom. The maximum atomic E-state index is 13.5. The number of aromatic hydroxyl groups is 1. The highest BCUT2D eigenvalue weighted by Crippen LogP contribution is 2.41. The van der Waals surface area contributed by atoms with Crippen LogP contribution in [-0.4, -0.2) is 63.4 Å². The van der Waals surface area contributed by atoms with Gasteiger partial charge < -0.3 is 24.8 Å². The van der Waals surface area contributed by atoms with Gasteiger partial charge in [-0.1, -0.05) is 38.1 Å². The lowest BCUT2D eigenvalue weighted by molar-refractivity contribution is 0.192. The van der Waals surface area contributed by atoms with Crippen molar-refractivity contribution in [3.8, 4) is 34.8 Å². The third-order valence-electron chi connectivity index (χ3n) is 5.44. The normalized spacial score (nSPS) is 13.9. The summed E-state index contributed by atoms with van der Waals surface area (Å²) in [5, 5.41) is 29.7. The fourth-order valence-electron chi connectivity index (χ4n) is 3.26. The zero-order valence-corrected chi connectivity index (χ0v) is 21.5. The van der Waals surface area contributed by atoms with Crippen LogP contribution in [0.5, 0.6) is 23.1 Å². The molecule has 0 spiro atoms. The molecule has 39 heavy (non-hydrogen) atoms. The van der Waals surface area contributed by atoms with Crippen LogP contribution in [-0.2, 0) is 15.4 Å². The summed E-state index contributed by atoms with van der Waals surface area (Å²) in [5.41, 5.74) is 0.0217. The molecular weight excluding hydrogens is 528 g/mol. The number of nitrogens with one attached hydrogen (secondary N) is 1. The van der Waals surface area contributed by atoms with E-state index in [1.807, 2.05) is 0 Å². The second-order valence-corrected chi connectivity index (χ2v) is 10.3. The van der Waals surface area contributed by atoms with Gasteiger partial charge in [0.05, 0.1) is 23.5 Å². The highest BCUT2D eigenvalue weighted by molar-refractivity contribution is 7.92. The van der Waals surface area contributed by atoms with E-state index >= 15 is 0 Å². The molecule has 0 aliphatic heterocycles. The van der Waals surface area contributed by atoms with Crippen molar-refractivity contribution in [3.05, 3.63) is 72.6 Å². The number of para-hydroxylation sites is 2. The Kier molecular flexibility index (Phi) is 6.73. The summed E-state index contributed by atoms with van der Waals surface area (Å²) in [5.74, 6) is -3.34. The van der Waals surface area contributed by atoms with Crippen molar-refractivity contribution in [2.45, 2.75) is 24.2 Å². The summed E-state index contributed by atoms with van der Waals surface area (Å²) >= 11 is 0. The van der Waals surface area contributed by atoms with Crippen LogP contribution in [0.25, 0.3) is 11.6 Å². The van der Waals surface area contributed by atoms with E-state index in [-0.39, 0.29) is 28.9 Å². The van der Waals surface area contributed by atoms with Gasteiger partial charge in [0.25, 0.3) is 15.9 Å². The Morgan fingerprint density at radius 3 is 2.31 bits per heavy atom. The minimum atomic E-state index is -4.45. The van der Waals surface area contributed by atoms with E-state index in [9.17, 15) is 23.7 Å². The Hall–Kier alpha value is -4.33. The summed E-state index contributed by atoms with van der Waals surface area (Å²) in [7, 11) is -4.45. The molecule has 0 bridgehead atoms. The first-order chi connectivity index (χ1) is 20.0. The van der Waals surface area contributed by atoms with Crippen molar-refractivity contribution < 1.29 is 38.7 Å². The highest BCUT2D eigenvalue weighted by Gasteiger charge is 2.26. The van der Waals surface area contributed by atoms with Crippen LogP contribution in [0.2, 0.25) is 0 Å². The standard InChI is InChI=1S/C26H27N5O7S/c1-26(2,16-33)17-8-10-18(11-9-17)39(35,36)31-22-21(38-20-7-4-3-6-19(20)34)25(37-15-14-32)30-24(29-22)23-27-12-5-13-28-23/h3-13,32-34H,14-16H2,1-2H3,(H,29,30,31)/i14+1D2,15+1D2. The number of aromatic nitrogens is 4. The first kappa shape index (κ1) is 22.6. The molecule has 2 aromatic carbocycles. The molecule has 4 aromatic rings. The molecule has 0 fully saturated rings. The largest absolute Gasteiger partial charge is 0.504 e. The van der Waals surface area contributed by atoms with Crippen LogP contribution < -0.4 is 14.2 Å². The topological polar surface area (TPSA) is 177 Å². The molecule has 2 heterocycles. The lowest BCUT2D eigenvalue weighted by Gasteiger charge is -2.22. The van der Waals surface area contributed by atoms with Crippen molar-refractivity contribution in [2.24, 2.45) is 0 Å². The molecule has 0 saturated carbocycles. The lowest BCUT2D eigenvalue weighted by atomic mass is 9.86. The molecule has 4 N–H and O–H groups in total. The average Bonchev–Trinajstić information content (AvgIpc) is 2.95. The minimum absolute atomic E-state index is 0.148. The molecule has 0 aliphatic carbocycles. The summed E-state index contributed by atoms with van der Waals surface area (Å²) in [6, 6.07) is 12.7. The van der Waals surface area contributed by atoms with Gasteiger partial charge in [-0.05, 0) is 35.9 Å². The predicted molar refractivity (Wildman–Crippen MR) is 141 cm³/mol. The second-order valence-electron chi connectivity index (χ2n) is 8.66. The fourth-order valence-corrected chi connectivity index (χ4v) is 4.27. The summed E-state index contributed by atoms with van der Waals surface area (Å²) in [6.07, 6.45) is 2.67. The van der Waals surface area contributed by atoms with Crippen LogP contribution in [0.4, 0.5) is 5.82 Å². The van der Waals surface area contributed by atoms with E-state index in [1.165, 1.54) is 67.0 Å². The molecule has 13 heteroatoms. The van der Waals surface area contributed by atoms with E-state index in [2.05, 4.69) is 24.7 Å². The molecule has 2 aromatic heterocycles. The fraction of sp³-hybridized carbons (Fsp3) is 0.231. The molecule has 0 unspecified atom stereocenters. The van der Waals surface area contributed by atoms with Crippen LogP contribution in [0.1, 0.15) is 24.9 Å². The SMILES string of the molecule is [2H][13C]([2H])(O)[13C]([2H])([2H])Oc1nc(-c2ncccn2)nc(NS(=O)(=O)c2ccc(C(C)(C)CO)cc2)c1Oc1ccccc1O. The molecular formula is C26H27N5O7S. The van der Waals surface area contributed by atoms with Crippen LogP contribution >= 0.6 is 0 Å². The van der Waals surface area contributed by atoms with Gasteiger partial charge in [-0.15, -0.1) is 0 Å². The number of sulfonamides is 1. The minimum Gasteiger partial charge on any atom is -0.504 e. The maximum Gasteiger partial charge on any atom is 0.263 e. The van der Waals surface area contributed by atoms with Crippen LogP contribution in [0.15, 0.2) is 71.9 Å². The number of benzene rings is 2. The number of phenols is 1. The zero-order valence-electron chi connectivity index (χ0n) is 24.7. The van der Waals surface area contributed by atoms with E-state index in [0.29, 0.717) is 5.56 Å². The Bertz CT molecular complexity index is 1710. The van der Waals surface area contributed by atoms with E-state index in [0.717, 1.165) is 0 Å². The zero-order chi connectivity index (χ0) is 31.6. The van der Waals surface area contributed by atoms with Gasteiger partial charge in [0.2, 0.25) is 11.6 Å². The summed E-state index contributed by atoms with van der Waals surface area (Å²) < 4.78 is 71.0. The average molecular weight is 560 g/mol. The smallest absolute Gasteiger partial charge is 0.263 e. The number of phenolic OH excluding ortho intramolecular Hbond substituents is 1. The van der Waals surface area contributed by atoms with Gasteiger partial charge in [-0.2, -0.15) is 4.98 Å². The number of nitrogens with zero attached hydrogens (tertiary/aromatic N) is 4. The van der Waals surface area contributed by atoms with Crippen molar-refractivity contribution in [1.29, 1.82) is 0 Å². The monoisotopic (exact) mass is 559 g/mol. The first-order valence-electron chi connectivity index (χ1n) is 13.3. The molecule has 0 saturated heterocycles. The highest BCUT2D eigenvalue weighted by atomic mass is 32.2. The number of hydrogen-bond acceptors (Lipinski definition) is 11. The number of aliphatic hydroxyl groups is 2. The van der Waals surface area contributed by atoms with Crippen molar-refractivity contribution in [2.75, 3.05) is 24.4 Å². The molecule has 12 nitrogen and oxygen atoms in total. The Morgan fingerprint density at radius 1 is 0.974 bits per heavy atom. The van der Waals surface area contributed by atoms with Gasteiger partial charge in [0, 0.05) is 17.8 Å². The molecule has 0 atom stereocenters. The number of rotatable bonds is 11. The first-order valence-corrected chi connectivity index (χ1v) is 12.8. The second kappa shape index (κ2) is 11.6. The van der Waals surface area contributed by atoms with Gasteiger partial charge >= 0.3 is 0 Å². The number of ether oxygens (including phenoxy) is 2. The third-order valence-corrected chi connectivity index (χ3v) is 6.80. The molecule has 0 radical (unpaired) electrons. The van der Waals surface area contributed by atoms with Gasteiger partial charge in [-0.25, -0.2) is 23.4 Å². The van der Waals surface area contributed by atoms with E-state index in [1.54, 1.807) is 13.8 Å². The van der Waals surface area contributed by atoms with Crippen LogP contribution in [0.3, 0.4) is 0 Å². The van der Waals surface area contributed by atoms with Crippen LogP contribution in [0, 0.1) is 0 Å². The van der Waals surface area contributed by atoms with Gasteiger partial charge in [0.1, 0.15) is 6.56 Å². The molecule has 0 aliphatic rings. The predicted octanol–water partition coefficient (Wildman–Crippen LogP) is 2.87. The molecule has 204 valence electrons. The van der Waals surface area contributed by atoms with Gasteiger partial charge in [0.15, 0.2) is 23.1 Å². The van der Waals surface area contributed by atoms with Crippen molar-refractivity contribution in [3.63, 3.8) is 0 Å².